The molecule has 0 saturated heterocycles. The summed E-state index contributed by atoms with van der Waals surface area (Å²) in [5.41, 5.74) is 5.69. The first-order valence-electron chi connectivity index (χ1n) is 12.9. The number of anilines is 1. The van der Waals surface area contributed by atoms with E-state index >= 15 is 0 Å². The van der Waals surface area contributed by atoms with Crippen LogP contribution in [-0.4, -0.2) is 12.6 Å². The summed E-state index contributed by atoms with van der Waals surface area (Å²) >= 11 is 0. The van der Waals surface area contributed by atoms with Gasteiger partial charge in [-0.3, -0.25) is 4.90 Å². The molecule has 0 bridgehead atoms. The van der Waals surface area contributed by atoms with Gasteiger partial charge >= 0.3 is 0 Å². The molecule has 2 aromatic carbocycles. The fourth-order valence-electron chi connectivity index (χ4n) is 4.15. The van der Waals surface area contributed by atoms with Crippen molar-refractivity contribution in [2.24, 2.45) is 9.98 Å². The first-order valence-corrected chi connectivity index (χ1v) is 12.9. The number of nitrogens with zero attached hydrogens (tertiary/aromatic N) is 3. The van der Waals surface area contributed by atoms with Crippen LogP contribution in [0.5, 0.6) is 0 Å². The Morgan fingerprint density at radius 2 is 1.86 bits per heavy atom. The van der Waals surface area contributed by atoms with Crippen molar-refractivity contribution in [1.82, 2.24) is 0 Å². The normalized spacial score (nSPS) is 17.9. The van der Waals surface area contributed by atoms with Crippen molar-refractivity contribution >= 4 is 23.8 Å². The van der Waals surface area contributed by atoms with E-state index in [1.54, 1.807) is 6.08 Å². The van der Waals surface area contributed by atoms with Crippen LogP contribution >= 0.6 is 0 Å². The molecule has 0 saturated carbocycles. The summed E-state index contributed by atoms with van der Waals surface area (Å²) in [7, 11) is 0. The molecule has 2 aromatic rings. The Morgan fingerprint density at radius 1 is 1.05 bits per heavy atom. The molecule has 37 heavy (non-hydrogen) atoms. The van der Waals surface area contributed by atoms with Gasteiger partial charge in [-0.25, -0.2) is 9.98 Å². The van der Waals surface area contributed by atoms with Crippen molar-refractivity contribution < 1.29 is 0 Å². The van der Waals surface area contributed by atoms with Gasteiger partial charge in [-0.15, -0.1) is 0 Å². The van der Waals surface area contributed by atoms with Crippen molar-refractivity contribution in [3.05, 3.63) is 145 Å². The molecule has 0 spiro atoms. The van der Waals surface area contributed by atoms with Crippen LogP contribution in [0.3, 0.4) is 0 Å². The highest BCUT2D eigenvalue weighted by Crippen LogP contribution is 2.31. The quantitative estimate of drug-likeness (QED) is 0.186. The average molecular weight is 488 g/mol. The number of aliphatic imine (C=N–C) groups is 2. The smallest absolute Gasteiger partial charge is 0.160 e. The SMILES string of the molecule is C=C/C=C\C/C=C(\CC)N(C(=C/C)/N=C(\N=C)c1ccccc1)c1cccc(/C2=C/C/C=C\C=C/C2)c1. The highest BCUT2D eigenvalue weighted by molar-refractivity contribution is 6.02. The van der Waals surface area contributed by atoms with E-state index < -0.39 is 0 Å². The minimum Gasteiger partial charge on any atom is -0.299 e. The molecule has 1 aliphatic rings. The molecule has 0 N–H and O–H groups in total. The lowest BCUT2D eigenvalue weighted by Crippen LogP contribution is -2.22. The van der Waals surface area contributed by atoms with E-state index in [2.05, 4.69) is 96.9 Å². The number of allylic oxidation sites excluding steroid dienone is 12. The lowest BCUT2D eigenvalue weighted by molar-refractivity contribution is 0.939. The third kappa shape index (κ3) is 7.88. The second-order valence-electron chi connectivity index (χ2n) is 8.47. The minimum absolute atomic E-state index is 0.594. The Balaban J connectivity index is 2.12. The maximum Gasteiger partial charge on any atom is 0.160 e. The van der Waals surface area contributed by atoms with Crippen LogP contribution in [0, 0.1) is 0 Å². The molecule has 3 rings (SSSR count). The molecular formula is C34H37N3. The Hall–Kier alpha value is -4.24. The summed E-state index contributed by atoms with van der Waals surface area (Å²) in [4.78, 5) is 11.5. The van der Waals surface area contributed by atoms with Gasteiger partial charge in [-0.1, -0.05) is 111 Å². The van der Waals surface area contributed by atoms with Crippen LogP contribution in [0.15, 0.2) is 143 Å². The van der Waals surface area contributed by atoms with Crippen molar-refractivity contribution in [3.8, 4) is 0 Å². The summed E-state index contributed by atoms with van der Waals surface area (Å²) in [5, 5.41) is 0. The maximum atomic E-state index is 5.01. The summed E-state index contributed by atoms with van der Waals surface area (Å²) < 4.78 is 0. The third-order valence-corrected chi connectivity index (χ3v) is 6.00. The van der Waals surface area contributed by atoms with E-state index in [0.29, 0.717) is 5.84 Å². The number of hydrogen-bond donors (Lipinski definition) is 0. The highest BCUT2D eigenvalue weighted by atomic mass is 15.2. The Kier molecular flexibility index (Phi) is 11.1. The van der Waals surface area contributed by atoms with E-state index in [-0.39, 0.29) is 0 Å². The standard InChI is InChI=1S/C34H37N3/c1-5-8-9-18-25-31(6-2)37(33(7-3)36-34(35-4)29-22-16-13-17-23-29)32-26-19-24-30(27-32)28-20-14-11-10-12-15-21-28/h5,7-14,16-17,19,21-27H,1,4,6,15,18,20H2,2-3H3/b9-8-,12-10-,14-11-,28-21+,31-25+,33-7+,36-34-. The first-order chi connectivity index (χ1) is 18.2. The van der Waals surface area contributed by atoms with Crippen molar-refractivity contribution in [3.63, 3.8) is 0 Å². The van der Waals surface area contributed by atoms with E-state index in [0.717, 1.165) is 48.5 Å². The molecule has 0 unspecified atom stereocenters. The van der Waals surface area contributed by atoms with Crippen LogP contribution < -0.4 is 4.90 Å². The number of hydrogen-bond acceptors (Lipinski definition) is 2. The van der Waals surface area contributed by atoms with Crippen molar-refractivity contribution in [2.75, 3.05) is 4.90 Å². The minimum atomic E-state index is 0.594. The van der Waals surface area contributed by atoms with Crippen LogP contribution in [0.2, 0.25) is 0 Å². The lowest BCUT2D eigenvalue weighted by atomic mass is 9.99. The fraction of sp³-hybridized carbons (Fsp3) is 0.176. The van der Waals surface area contributed by atoms with E-state index in [9.17, 15) is 0 Å². The van der Waals surface area contributed by atoms with Gasteiger partial charge in [0.1, 0.15) is 5.82 Å². The molecule has 0 fully saturated rings. The second-order valence-corrected chi connectivity index (χ2v) is 8.47. The summed E-state index contributed by atoms with van der Waals surface area (Å²) in [6.07, 6.45) is 24.6. The van der Waals surface area contributed by atoms with E-state index in [4.69, 9.17) is 4.99 Å². The third-order valence-electron chi connectivity index (χ3n) is 6.00. The maximum absolute atomic E-state index is 5.01. The van der Waals surface area contributed by atoms with Crippen LogP contribution in [0.4, 0.5) is 5.69 Å². The predicted molar refractivity (Wildman–Crippen MR) is 163 cm³/mol. The molecule has 1 aliphatic carbocycles. The Morgan fingerprint density at radius 3 is 2.59 bits per heavy atom. The highest BCUT2D eigenvalue weighted by Gasteiger charge is 2.17. The van der Waals surface area contributed by atoms with Gasteiger partial charge in [0, 0.05) is 16.9 Å². The average Bonchev–Trinajstić information content (AvgIpc) is 2.92. The molecule has 0 aromatic heterocycles. The second kappa shape index (κ2) is 15.0. The topological polar surface area (TPSA) is 28.0 Å². The van der Waals surface area contributed by atoms with Gasteiger partial charge in [0.15, 0.2) is 5.84 Å². The zero-order valence-corrected chi connectivity index (χ0v) is 22.1. The van der Waals surface area contributed by atoms with Crippen LogP contribution in [-0.2, 0) is 0 Å². The van der Waals surface area contributed by atoms with Gasteiger partial charge in [-0.05, 0) is 68.7 Å². The predicted octanol–water partition coefficient (Wildman–Crippen LogP) is 9.22. The number of benzene rings is 2. The molecule has 0 aliphatic heterocycles. The van der Waals surface area contributed by atoms with Crippen molar-refractivity contribution in [2.45, 2.75) is 39.5 Å². The molecule has 188 valence electrons. The number of amidine groups is 1. The molecule has 0 heterocycles. The van der Waals surface area contributed by atoms with Gasteiger partial charge in [0.05, 0.1) is 0 Å². The Labute approximate surface area is 222 Å². The van der Waals surface area contributed by atoms with E-state index in [1.807, 2.05) is 49.4 Å². The van der Waals surface area contributed by atoms with Crippen LogP contribution in [0.1, 0.15) is 50.7 Å². The lowest BCUT2D eigenvalue weighted by Gasteiger charge is -2.28. The molecule has 0 radical (unpaired) electrons. The Bertz CT molecular complexity index is 1270. The first kappa shape index (κ1) is 27.3. The van der Waals surface area contributed by atoms with Crippen molar-refractivity contribution in [1.29, 1.82) is 0 Å². The molecule has 3 nitrogen and oxygen atoms in total. The van der Waals surface area contributed by atoms with Gasteiger partial charge in [0.25, 0.3) is 0 Å². The zero-order valence-electron chi connectivity index (χ0n) is 22.1. The summed E-state index contributed by atoms with van der Waals surface area (Å²) in [6.45, 7) is 11.8. The molecular weight excluding hydrogens is 450 g/mol. The molecule has 3 heteroatoms. The number of rotatable bonds is 10. The van der Waals surface area contributed by atoms with Gasteiger partial charge < -0.3 is 0 Å². The van der Waals surface area contributed by atoms with E-state index in [1.165, 1.54) is 11.1 Å². The summed E-state index contributed by atoms with van der Waals surface area (Å²) in [6, 6.07) is 18.7. The summed E-state index contributed by atoms with van der Waals surface area (Å²) in [5.74, 6) is 1.40. The largest absolute Gasteiger partial charge is 0.299 e. The van der Waals surface area contributed by atoms with Crippen LogP contribution in [0.25, 0.3) is 5.57 Å². The fourth-order valence-corrected chi connectivity index (χ4v) is 4.15. The monoisotopic (exact) mass is 487 g/mol. The van der Waals surface area contributed by atoms with Gasteiger partial charge in [0.2, 0.25) is 0 Å². The molecule has 0 atom stereocenters. The van der Waals surface area contributed by atoms with Gasteiger partial charge in [-0.2, -0.15) is 0 Å². The zero-order chi connectivity index (χ0) is 26.3. The molecule has 0 amide bonds.